The molecule has 0 fully saturated rings. The Hall–Kier alpha value is 1.29. The smallest absolute Gasteiger partial charge is 0.748 e. The first-order chi connectivity index (χ1) is 3.56. The molecule has 0 bridgehead atoms. The van der Waals surface area contributed by atoms with Crippen LogP contribution in [0.4, 0.5) is 0 Å². The zero-order valence-electron chi connectivity index (χ0n) is 5.49. The molecule has 0 saturated carbocycles. The summed E-state index contributed by atoms with van der Waals surface area (Å²) in [4.78, 5) is 0. The summed E-state index contributed by atoms with van der Waals surface area (Å²) >= 11 is 0. The predicted octanol–water partition coefficient (Wildman–Crippen LogP) is -2.89. The van der Waals surface area contributed by atoms with Gasteiger partial charge in [-0.2, -0.15) is 0 Å². The molecule has 0 rings (SSSR count). The zero-order chi connectivity index (χ0) is 6.62. The van der Waals surface area contributed by atoms with E-state index in [0.29, 0.717) is 0 Å². The van der Waals surface area contributed by atoms with Crippen LogP contribution in [0.15, 0.2) is 12.2 Å². The summed E-state index contributed by atoms with van der Waals surface area (Å²) in [6.07, 6.45) is 2.83. The maximum atomic E-state index is 9.78. The largest absolute Gasteiger partial charge is 1.00 e. The third kappa shape index (κ3) is 12.5. The predicted molar refractivity (Wildman–Crippen MR) is 29.4 cm³/mol. The Morgan fingerprint density at radius 2 is 2.00 bits per heavy atom. The summed E-state index contributed by atoms with van der Waals surface area (Å²) in [7, 11) is -4.02. The molecule has 0 aliphatic heterocycles. The van der Waals surface area contributed by atoms with E-state index in [-0.39, 0.29) is 51.4 Å². The van der Waals surface area contributed by atoms with Crippen molar-refractivity contribution < 1.29 is 64.4 Å². The second kappa shape index (κ2) is 6.03. The van der Waals surface area contributed by atoms with Gasteiger partial charge in [0.2, 0.25) is 0 Å². The molecule has 0 aliphatic carbocycles. The normalized spacial score (nSPS) is 11.3. The molecule has 0 radical (unpaired) electrons. The number of hydrogen-bond acceptors (Lipinski definition) is 3. The van der Waals surface area contributed by atoms with Gasteiger partial charge < -0.3 is 4.55 Å². The fourth-order valence-corrected chi connectivity index (χ4v) is 0.642. The Balaban J connectivity index is 0. The Labute approximate surface area is 97.7 Å². The first-order valence-corrected chi connectivity index (χ1v) is 3.68. The van der Waals surface area contributed by atoms with Gasteiger partial charge in [0.1, 0.15) is 0 Å². The van der Waals surface area contributed by atoms with Crippen molar-refractivity contribution in [3.8, 4) is 0 Å². The summed E-state index contributed by atoms with van der Waals surface area (Å²) in [5.74, 6) is -0.399. The Bertz CT molecular complexity index is 170. The SMILES string of the molecule is CC=CCS(=O)(=O)[O-].[K+]. The molecular weight excluding hydrogens is 167 g/mol. The topological polar surface area (TPSA) is 57.2 Å². The molecule has 0 heterocycles. The van der Waals surface area contributed by atoms with Crippen LogP contribution in [0.5, 0.6) is 0 Å². The second-order valence-corrected chi connectivity index (χ2v) is 2.74. The van der Waals surface area contributed by atoms with Gasteiger partial charge in [0.25, 0.3) is 0 Å². The van der Waals surface area contributed by atoms with Crippen LogP contribution in [-0.4, -0.2) is 18.7 Å². The van der Waals surface area contributed by atoms with E-state index in [1.807, 2.05) is 0 Å². The zero-order valence-corrected chi connectivity index (χ0v) is 9.43. The van der Waals surface area contributed by atoms with Crippen molar-refractivity contribution in [2.75, 3.05) is 5.75 Å². The standard InChI is InChI=1S/C4H8O3S.K/c1-2-3-4-8(5,6)7;/h2-3H,4H2,1H3,(H,5,6,7);/q;+1/p-1. The molecule has 0 N–H and O–H groups in total. The number of allylic oxidation sites excluding steroid dienone is 1. The van der Waals surface area contributed by atoms with E-state index in [4.69, 9.17) is 0 Å². The van der Waals surface area contributed by atoms with E-state index >= 15 is 0 Å². The first kappa shape index (κ1) is 12.9. The fraction of sp³-hybridized carbons (Fsp3) is 0.500. The molecule has 0 spiro atoms. The van der Waals surface area contributed by atoms with Gasteiger partial charge in [-0.1, -0.05) is 12.2 Å². The maximum Gasteiger partial charge on any atom is 1.00 e. The average molecular weight is 174 g/mol. The van der Waals surface area contributed by atoms with Gasteiger partial charge in [0.15, 0.2) is 0 Å². The molecule has 3 nitrogen and oxygen atoms in total. The molecular formula is C4H7KO3S. The Morgan fingerprint density at radius 3 is 2.11 bits per heavy atom. The quantitative estimate of drug-likeness (QED) is 0.256. The third-order valence-electron chi connectivity index (χ3n) is 0.536. The molecule has 0 saturated heterocycles. The van der Waals surface area contributed by atoms with Crippen molar-refractivity contribution in [3.63, 3.8) is 0 Å². The van der Waals surface area contributed by atoms with Crippen molar-refractivity contribution >= 4 is 10.1 Å². The second-order valence-electron chi connectivity index (χ2n) is 1.29. The van der Waals surface area contributed by atoms with E-state index in [0.717, 1.165) is 0 Å². The van der Waals surface area contributed by atoms with Gasteiger partial charge in [-0.25, -0.2) is 8.42 Å². The van der Waals surface area contributed by atoms with Crippen molar-refractivity contribution in [1.29, 1.82) is 0 Å². The summed E-state index contributed by atoms with van der Waals surface area (Å²) in [5.41, 5.74) is 0. The number of hydrogen-bond donors (Lipinski definition) is 0. The van der Waals surface area contributed by atoms with Crippen molar-refractivity contribution in [2.45, 2.75) is 6.92 Å². The van der Waals surface area contributed by atoms with Crippen LogP contribution >= 0.6 is 0 Å². The molecule has 0 atom stereocenters. The van der Waals surface area contributed by atoms with Crippen molar-refractivity contribution in [1.82, 2.24) is 0 Å². The van der Waals surface area contributed by atoms with Crippen LogP contribution in [0.1, 0.15) is 6.92 Å². The van der Waals surface area contributed by atoms with Crippen LogP contribution in [0, 0.1) is 0 Å². The Morgan fingerprint density at radius 1 is 1.56 bits per heavy atom. The van der Waals surface area contributed by atoms with Crippen LogP contribution in [-0.2, 0) is 10.1 Å². The van der Waals surface area contributed by atoms with Gasteiger partial charge in [-0.15, -0.1) is 0 Å². The molecule has 0 unspecified atom stereocenters. The molecule has 5 heteroatoms. The monoisotopic (exact) mass is 174 g/mol. The average Bonchev–Trinajstić information content (AvgIpc) is 1.59. The summed E-state index contributed by atoms with van der Waals surface area (Å²) in [6.45, 7) is 1.66. The number of rotatable bonds is 2. The van der Waals surface area contributed by atoms with E-state index in [1.165, 1.54) is 12.2 Å². The van der Waals surface area contributed by atoms with Crippen LogP contribution < -0.4 is 51.4 Å². The summed E-state index contributed by atoms with van der Waals surface area (Å²) < 4.78 is 29.4. The minimum Gasteiger partial charge on any atom is -0.748 e. The minimum absolute atomic E-state index is 0. The van der Waals surface area contributed by atoms with E-state index in [9.17, 15) is 13.0 Å². The van der Waals surface area contributed by atoms with Gasteiger partial charge in [-0.05, 0) is 6.92 Å². The van der Waals surface area contributed by atoms with Crippen molar-refractivity contribution in [2.24, 2.45) is 0 Å². The Kier molecular flexibility index (Phi) is 8.65. The molecule has 0 aromatic heterocycles. The van der Waals surface area contributed by atoms with Gasteiger partial charge in [0, 0.05) is 0 Å². The van der Waals surface area contributed by atoms with Gasteiger partial charge in [0.05, 0.1) is 15.9 Å². The molecule has 0 amide bonds. The molecule has 0 aliphatic rings. The minimum atomic E-state index is -4.02. The van der Waals surface area contributed by atoms with Crippen molar-refractivity contribution in [3.05, 3.63) is 12.2 Å². The van der Waals surface area contributed by atoms with E-state index in [2.05, 4.69) is 0 Å². The van der Waals surface area contributed by atoms with Crippen LogP contribution in [0.2, 0.25) is 0 Å². The molecule has 0 aromatic rings. The summed E-state index contributed by atoms with van der Waals surface area (Å²) in [5, 5.41) is 0. The van der Waals surface area contributed by atoms with Crippen LogP contribution in [0.3, 0.4) is 0 Å². The summed E-state index contributed by atoms with van der Waals surface area (Å²) in [6, 6.07) is 0. The van der Waals surface area contributed by atoms with Gasteiger partial charge >= 0.3 is 51.4 Å². The van der Waals surface area contributed by atoms with Gasteiger partial charge in [-0.3, -0.25) is 0 Å². The van der Waals surface area contributed by atoms with E-state index in [1.54, 1.807) is 6.92 Å². The first-order valence-electron chi connectivity index (χ1n) is 2.11. The molecule has 9 heavy (non-hydrogen) atoms. The van der Waals surface area contributed by atoms with Crippen LogP contribution in [0.25, 0.3) is 0 Å². The maximum absolute atomic E-state index is 9.78. The third-order valence-corrected chi connectivity index (χ3v) is 1.14. The van der Waals surface area contributed by atoms with E-state index < -0.39 is 15.9 Å². The molecule has 0 aromatic carbocycles. The molecule has 48 valence electrons. The fourth-order valence-electron chi connectivity index (χ4n) is 0.214.